The van der Waals surface area contributed by atoms with Crippen LogP contribution in [0.1, 0.15) is 22.6 Å². The topological polar surface area (TPSA) is 96.6 Å². The molecule has 0 radical (unpaired) electrons. The molecule has 0 saturated carbocycles. The zero-order valence-corrected chi connectivity index (χ0v) is 20.4. The Kier molecular flexibility index (Phi) is 9.47. The number of sulfonamides is 1. The van der Waals surface area contributed by atoms with E-state index in [1.165, 1.54) is 17.2 Å². The van der Waals surface area contributed by atoms with E-state index in [0.29, 0.717) is 19.0 Å². The van der Waals surface area contributed by atoms with Crippen LogP contribution in [0.15, 0.2) is 94.8 Å². The minimum Gasteiger partial charge on any atom is -0.355 e. The average molecular weight is 550 g/mol. The van der Waals surface area contributed by atoms with Crippen LogP contribution in [0.2, 0.25) is 0 Å². The van der Waals surface area contributed by atoms with Gasteiger partial charge in [-0.25, -0.2) is 13.6 Å². The van der Waals surface area contributed by atoms with Crippen LogP contribution in [-0.4, -0.2) is 28.0 Å². The van der Waals surface area contributed by atoms with Crippen molar-refractivity contribution >= 4 is 40.0 Å². The molecule has 31 heavy (non-hydrogen) atoms. The molecule has 3 rings (SSSR count). The number of guanidine groups is 1. The third-order valence-electron chi connectivity index (χ3n) is 4.79. The summed E-state index contributed by atoms with van der Waals surface area (Å²) in [6.07, 6.45) is 0. The van der Waals surface area contributed by atoms with E-state index in [1.54, 1.807) is 19.2 Å². The van der Waals surface area contributed by atoms with E-state index in [4.69, 9.17) is 5.14 Å². The van der Waals surface area contributed by atoms with Crippen LogP contribution in [-0.2, 0) is 16.6 Å². The molecule has 0 aliphatic carbocycles. The van der Waals surface area contributed by atoms with Crippen molar-refractivity contribution in [3.8, 4) is 0 Å². The minimum absolute atomic E-state index is 0. The Balaban J connectivity index is 0.00000341. The number of halogens is 1. The molecule has 8 heteroatoms. The van der Waals surface area contributed by atoms with Gasteiger partial charge in [0.25, 0.3) is 0 Å². The first-order valence-electron chi connectivity index (χ1n) is 9.63. The van der Waals surface area contributed by atoms with E-state index >= 15 is 0 Å². The van der Waals surface area contributed by atoms with Crippen molar-refractivity contribution in [3.63, 3.8) is 0 Å². The van der Waals surface area contributed by atoms with Gasteiger partial charge in [0.2, 0.25) is 10.0 Å². The number of hydrogen-bond acceptors (Lipinski definition) is 3. The summed E-state index contributed by atoms with van der Waals surface area (Å²) in [5, 5.41) is 11.8. The SMILES string of the molecule is CN=C(NCc1cccc(S(N)(=O)=O)c1)NCC(c1ccccc1)c1ccccc1.I. The highest BCUT2D eigenvalue weighted by atomic mass is 127. The lowest BCUT2D eigenvalue weighted by Crippen LogP contribution is -2.39. The number of nitrogens with two attached hydrogens (primary N) is 1. The minimum atomic E-state index is -3.73. The van der Waals surface area contributed by atoms with Crippen LogP contribution in [0.25, 0.3) is 0 Å². The van der Waals surface area contributed by atoms with Crippen molar-refractivity contribution in [2.24, 2.45) is 10.1 Å². The van der Waals surface area contributed by atoms with Gasteiger partial charge < -0.3 is 10.6 Å². The summed E-state index contributed by atoms with van der Waals surface area (Å²) >= 11 is 0. The van der Waals surface area contributed by atoms with Crippen LogP contribution >= 0.6 is 24.0 Å². The van der Waals surface area contributed by atoms with Gasteiger partial charge in [-0.1, -0.05) is 72.8 Å². The summed E-state index contributed by atoms with van der Waals surface area (Å²) in [6, 6.07) is 27.2. The Hall–Kier alpha value is -2.43. The highest BCUT2D eigenvalue weighted by molar-refractivity contribution is 14.0. The third-order valence-corrected chi connectivity index (χ3v) is 5.70. The fraction of sp³-hybridized carbons (Fsp3) is 0.174. The maximum absolute atomic E-state index is 11.5. The summed E-state index contributed by atoms with van der Waals surface area (Å²) in [4.78, 5) is 4.38. The summed E-state index contributed by atoms with van der Waals surface area (Å²) < 4.78 is 23.1. The normalized spacial score (nSPS) is 11.6. The lowest BCUT2D eigenvalue weighted by atomic mass is 9.91. The van der Waals surface area contributed by atoms with E-state index in [0.717, 1.165) is 5.56 Å². The first kappa shape index (κ1) is 24.8. The molecule has 0 aliphatic rings. The molecule has 6 nitrogen and oxygen atoms in total. The molecule has 164 valence electrons. The second-order valence-corrected chi connectivity index (χ2v) is 8.43. The van der Waals surface area contributed by atoms with Gasteiger partial charge in [-0.05, 0) is 28.8 Å². The van der Waals surface area contributed by atoms with E-state index in [2.05, 4.69) is 39.9 Å². The first-order chi connectivity index (χ1) is 14.5. The molecule has 0 fully saturated rings. The molecule has 0 aromatic heterocycles. The molecular weight excluding hydrogens is 523 g/mol. The molecule has 3 aromatic rings. The summed E-state index contributed by atoms with van der Waals surface area (Å²) in [6.45, 7) is 1.08. The fourth-order valence-corrected chi connectivity index (χ4v) is 3.82. The lowest BCUT2D eigenvalue weighted by molar-refractivity contribution is 0.597. The Bertz CT molecular complexity index is 1050. The van der Waals surface area contributed by atoms with Gasteiger partial charge in [-0.15, -0.1) is 24.0 Å². The number of nitrogens with one attached hydrogen (secondary N) is 2. The molecule has 0 atom stereocenters. The van der Waals surface area contributed by atoms with Gasteiger partial charge >= 0.3 is 0 Å². The van der Waals surface area contributed by atoms with Gasteiger partial charge in [0.15, 0.2) is 5.96 Å². The Morgan fingerprint density at radius 2 is 1.48 bits per heavy atom. The molecule has 0 heterocycles. The maximum Gasteiger partial charge on any atom is 0.238 e. The molecule has 0 unspecified atom stereocenters. The lowest BCUT2D eigenvalue weighted by Gasteiger charge is -2.20. The third kappa shape index (κ3) is 7.34. The van der Waals surface area contributed by atoms with Crippen molar-refractivity contribution in [2.75, 3.05) is 13.6 Å². The summed E-state index contributed by atoms with van der Waals surface area (Å²) in [5.41, 5.74) is 3.23. The number of rotatable bonds is 7. The Morgan fingerprint density at radius 1 is 0.903 bits per heavy atom. The summed E-state index contributed by atoms with van der Waals surface area (Å²) in [5.74, 6) is 0.796. The number of benzene rings is 3. The van der Waals surface area contributed by atoms with E-state index in [9.17, 15) is 8.42 Å². The molecule has 0 aliphatic heterocycles. The Labute approximate surface area is 201 Å². The number of aliphatic imine (C=N–C) groups is 1. The van der Waals surface area contributed by atoms with E-state index in [-0.39, 0.29) is 34.8 Å². The Morgan fingerprint density at radius 3 is 2.00 bits per heavy atom. The quantitative estimate of drug-likeness (QED) is 0.239. The van der Waals surface area contributed by atoms with Crippen molar-refractivity contribution in [2.45, 2.75) is 17.4 Å². The molecule has 0 spiro atoms. The van der Waals surface area contributed by atoms with Crippen molar-refractivity contribution in [3.05, 3.63) is 102 Å². The van der Waals surface area contributed by atoms with Crippen molar-refractivity contribution in [1.82, 2.24) is 10.6 Å². The largest absolute Gasteiger partial charge is 0.355 e. The van der Waals surface area contributed by atoms with Crippen LogP contribution in [0.3, 0.4) is 0 Å². The highest BCUT2D eigenvalue weighted by Gasteiger charge is 2.14. The van der Waals surface area contributed by atoms with Crippen molar-refractivity contribution in [1.29, 1.82) is 0 Å². The van der Waals surface area contributed by atoms with E-state index in [1.807, 2.05) is 42.5 Å². The fourth-order valence-electron chi connectivity index (χ4n) is 3.24. The van der Waals surface area contributed by atoms with Gasteiger partial charge in [0.05, 0.1) is 4.90 Å². The van der Waals surface area contributed by atoms with Gasteiger partial charge in [-0.2, -0.15) is 0 Å². The predicted octanol–water partition coefficient (Wildman–Crippen LogP) is 3.45. The molecule has 3 aromatic carbocycles. The maximum atomic E-state index is 11.5. The highest BCUT2D eigenvalue weighted by Crippen LogP contribution is 2.23. The molecule has 0 bridgehead atoms. The monoisotopic (exact) mass is 550 g/mol. The van der Waals surface area contributed by atoms with Gasteiger partial charge in [0, 0.05) is 26.1 Å². The zero-order valence-electron chi connectivity index (χ0n) is 17.2. The summed E-state index contributed by atoms with van der Waals surface area (Å²) in [7, 11) is -2.02. The standard InChI is InChI=1S/C23H26N4O2S.HI/c1-25-23(26-16-18-9-8-14-21(15-18)30(24,28)29)27-17-22(19-10-4-2-5-11-19)20-12-6-3-7-13-20;/h2-15,22H,16-17H2,1H3,(H2,24,28,29)(H2,25,26,27);1H. The number of primary sulfonamides is 1. The van der Waals surface area contributed by atoms with Crippen molar-refractivity contribution < 1.29 is 8.42 Å². The average Bonchev–Trinajstić information content (AvgIpc) is 2.77. The smallest absolute Gasteiger partial charge is 0.238 e. The van der Waals surface area contributed by atoms with E-state index < -0.39 is 10.0 Å². The number of nitrogens with zero attached hydrogens (tertiary/aromatic N) is 1. The van der Waals surface area contributed by atoms with Crippen LogP contribution in [0, 0.1) is 0 Å². The second kappa shape index (κ2) is 11.8. The second-order valence-electron chi connectivity index (χ2n) is 6.87. The molecule has 4 N–H and O–H groups in total. The molecule has 0 saturated heterocycles. The predicted molar refractivity (Wildman–Crippen MR) is 136 cm³/mol. The molecule has 0 amide bonds. The first-order valence-corrected chi connectivity index (χ1v) is 11.2. The molecular formula is C23H27IN4O2S. The van der Waals surface area contributed by atoms with Gasteiger partial charge in [-0.3, -0.25) is 4.99 Å². The zero-order chi connectivity index (χ0) is 21.4. The number of hydrogen-bond donors (Lipinski definition) is 3. The van der Waals surface area contributed by atoms with Crippen LogP contribution in [0.5, 0.6) is 0 Å². The van der Waals surface area contributed by atoms with Crippen LogP contribution in [0.4, 0.5) is 0 Å². The van der Waals surface area contributed by atoms with Gasteiger partial charge in [0.1, 0.15) is 0 Å². The van der Waals surface area contributed by atoms with Crippen LogP contribution < -0.4 is 15.8 Å².